The molecule has 7 heteroatoms. The number of nitrogens with two attached hydrogens (primary N) is 1. The first-order chi connectivity index (χ1) is 9.60. The number of hydrogen-bond acceptors (Lipinski definition) is 7. The van der Waals surface area contributed by atoms with Crippen molar-refractivity contribution in [1.82, 2.24) is 0 Å². The largest absolute Gasteiger partial charge is 0.462 e. The van der Waals surface area contributed by atoms with Crippen LogP contribution in [0.25, 0.3) is 0 Å². The van der Waals surface area contributed by atoms with Gasteiger partial charge in [0.2, 0.25) is 0 Å². The Morgan fingerprint density at radius 3 is 2.50 bits per heavy atom. The molecular weight excluding hydrogens is 280 g/mol. The molecule has 1 aliphatic heterocycles. The third-order valence-electron chi connectivity index (χ3n) is 3.34. The molecule has 1 saturated heterocycles. The molecule has 0 spiro atoms. The monoisotopic (exact) mass is 300 g/mol. The highest BCUT2D eigenvalue weighted by Crippen LogP contribution is 2.35. The van der Waals surface area contributed by atoms with Crippen molar-refractivity contribution >= 4 is 28.0 Å². The number of carbonyl (C=O) groups excluding carboxylic acids is 1. The lowest BCUT2D eigenvalue weighted by Gasteiger charge is -2.14. The van der Waals surface area contributed by atoms with Crippen molar-refractivity contribution in [3.8, 4) is 0 Å². The number of thiophene rings is 1. The molecule has 0 aromatic carbocycles. The smallest absolute Gasteiger partial charge is 0.350 e. The van der Waals surface area contributed by atoms with Gasteiger partial charge in [-0.2, -0.15) is 0 Å². The number of ether oxygens (including phenoxy) is 3. The van der Waals surface area contributed by atoms with Crippen LogP contribution in [-0.2, 0) is 14.2 Å². The number of nitrogen functional groups attached to an aromatic ring is 1. The molecule has 1 aromatic heterocycles. The zero-order chi connectivity index (χ0) is 14.7. The molecular formula is C13H20N2O4S. The standard InChI is InChI=1S/C13H20N2O4S/c1-4-19-13(16)12-8(14)5-11(20-12)15-6-9(17-2)10(7-15)18-3/h5,9-10H,4,6-7,14H2,1-3H3. The van der Waals surface area contributed by atoms with Crippen molar-refractivity contribution in [1.29, 1.82) is 0 Å². The maximum Gasteiger partial charge on any atom is 0.350 e. The number of carbonyl (C=O) groups is 1. The zero-order valence-electron chi connectivity index (χ0n) is 11.9. The number of esters is 1. The lowest BCUT2D eigenvalue weighted by Crippen LogP contribution is -2.27. The van der Waals surface area contributed by atoms with Crippen molar-refractivity contribution < 1.29 is 19.0 Å². The van der Waals surface area contributed by atoms with E-state index in [4.69, 9.17) is 19.9 Å². The summed E-state index contributed by atoms with van der Waals surface area (Å²) in [6.45, 7) is 3.55. The normalized spacial score (nSPS) is 22.2. The highest BCUT2D eigenvalue weighted by atomic mass is 32.1. The number of nitrogens with zero attached hydrogens (tertiary/aromatic N) is 1. The summed E-state index contributed by atoms with van der Waals surface area (Å²) >= 11 is 1.35. The third kappa shape index (κ3) is 2.89. The van der Waals surface area contributed by atoms with Gasteiger partial charge in [0.1, 0.15) is 17.1 Å². The summed E-state index contributed by atoms with van der Waals surface area (Å²) in [5.74, 6) is -0.368. The van der Waals surface area contributed by atoms with Gasteiger partial charge in [-0.25, -0.2) is 4.79 Å². The molecule has 1 aliphatic rings. The number of rotatable bonds is 5. The third-order valence-corrected chi connectivity index (χ3v) is 4.53. The Balaban J connectivity index is 2.14. The molecule has 2 N–H and O–H groups in total. The van der Waals surface area contributed by atoms with Gasteiger partial charge in [0.15, 0.2) is 0 Å². The van der Waals surface area contributed by atoms with Crippen LogP contribution in [0.4, 0.5) is 10.7 Å². The Kier molecular flexibility index (Phi) is 4.85. The molecule has 0 bridgehead atoms. The van der Waals surface area contributed by atoms with Crippen molar-refractivity contribution in [2.24, 2.45) is 0 Å². The van der Waals surface area contributed by atoms with Gasteiger partial charge < -0.3 is 24.8 Å². The predicted molar refractivity (Wildman–Crippen MR) is 78.5 cm³/mol. The molecule has 2 atom stereocenters. The van der Waals surface area contributed by atoms with E-state index >= 15 is 0 Å². The number of anilines is 2. The molecule has 0 radical (unpaired) electrons. The lowest BCUT2D eigenvalue weighted by molar-refractivity contribution is -0.00461. The van der Waals surface area contributed by atoms with E-state index in [0.29, 0.717) is 17.2 Å². The quantitative estimate of drug-likeness (QED) is 0.828. The van der Waals surface area contributed by atoms with Gasteiger partial charge in [0.05, 0.1) is 17.3 Å². The summed E-state index contributed by atoms with van der Waals surface area (Å²) in [6, 6.07) is 1.81. The first kappa shape index (κ1) is 15.1. The van der Waals surface area contributed by atoms with Gasteiger partial charge in [-0.15, -0.1) is 11.3 Å². The summed E-state index contributed by atoms with van der Waals surface area (Å²) < 4.78 is 15.8. The summed E-state index contributed by atoms with van der Waals surface area (Å²) in [5, 5.41) is 0.937. The minimum atomic E-state index is -0.368. The van der Waals surface area contributed by atoms with Gasteiger partial charge in [0.25, 0.3) is 0 Å². The van der Waals surface area contributed by atoms with Crippen LogP contribution in [0, 0.1) is 0 Å². The Bertz CT molecular complexity index is 465. The molecule has 2 rings (SSSR count). The summed E-state index contributed by atoms with van der Waals surface area (Å²) in [5.41, 5.74) is 6.35. The van der Waals surface area contributed by atoms with Crippen LogP contribution in [0.2, 0.25) is 0 Å². The van der Waals surface area contributed by atoms with Crippen LogP contribution < -0.4 is 10.6 Å². The molecule has 2 unspecified atom stereocenters. The number of hydrogen-bond donors (Lipinski definition) is 1. The molecule has 0 amide bonds. The molecule has 0 aliphatic carbocycles. The Labute approximate surface area is 122 Å². The molecule has 0 saturated carbocycles. The fourth-order valence-corrected chi connectivity index (χ4v) is 3.27. The van der Waals surface area contributed by atoms with Crippen LogP contribution in [0.1, 0.15) is 16.6 Å². The zero-order valence-corrected chi connectivity index (χ0v) is 12.7. The number of methoxy groups -OCH3 is 2. The SMILES string of the molecule is CCOC(=O)c1sc(N2CC(OC)C(OC)C2)cc1N. The van der Waals surface area contributed by atoms with E-state index in [0.717, 1.165) is 18.1 Å². The van der Waals surface area contributed by atoms with Crippen LogP contribution in [-0.4, -0.2) is 52.1 Å². The van der Waals surface area contributed by atoms with E-state index < -0.39 is 0 Å². The first-order valence-corrected chi connectivity index (χ1v) is 7.29. The van der Waals surface area contributed by atoms with Gasteiger partial charge in [-0.05, 0) is 13.0 Å². The van der Waals surface area contributed by atoms with Gasteiger partial charge in [-0.3, -0.25) is 0 Å². The second kappa shape index (κ2) is 6.43. The van der Waals surface area contributed by atoms with Crippen LogP contribution in [0.3, 0.4) is 0 Å². The maximum absolute atomic E-state index is 11.8. The topological polar surface area (TPSA) is 74.0 Å². The molecule has 112 valence electrons. The first-order valence-electron chi connectivity index (χ1n) is 6.47. The van der Waals surface area contributed by atoms with E-state index in [1.54, 1.807) is 21.1 Å². The molecule has 1 fully saturated rings. The fraction of sp³-hybridized carbons (Fsp3) is 0.615. The average molecular weight is 300 g/mol. The summed E-state index contributed by atoms with van der Waals surface area (Å²) in [4.78, 5) is 14.3. The summed E-state index contributed by atoms with van der Waals surface area (Å²) in [7, 11) is 3.35. The Morgan fingerprint density at radius 1 is 1.40 bits per heavy atom. The van der Waals surface area contributed by atoms with E-state index in [2.05, 4.69) is 4.90 Å². The van der Waals surface area contributed by atoms with Crippen LogP contribution in [0.15, 0.2) is 6.07 Å². The molecule has 2 heterocycles. The molecule has 1 aromatic rings. The van der Waals surface area contributed by atoms with Crippen molar-refractivity contribution in [3.63, 3.8) is 0 Å². The second-order valence-electron chi connectivity index (χ2n) is 4.54. The highest BCUT2D eigenvalue weighted by molar-refractivity contribution is 7.18. The van der Waals surface area contributed by atoms with Gasteiger partial charge >= 0.3 is 5.97 Å². The minimum absolute atomic E-state index is 0.0226. The fourth-order valence-electron chi connectivity index (χ4n) is 2.28. The Hall–Kier alpha value is -1.31. The minimum Gasteiger partial charge on any atom is -0.462 e. The predicted octanol–water partition coefficient (Wildman–Crippen LogP) is 1.36. The maximum atomic E-state index is 11.8. The Morgan fingerprint density at radius 2 is 2.00 bits per heavy atom. The van der Waals surface area contributed by atoms with Gasteiger partial charge in [0, 0.05) is 27.3 Å². The summed E-state index contributed by atoms with van der Waals surface area (Å²) in [6.07, 6.45) is 0.0451. The van der Waals surface area contributed by atoms with E-state index in [-0.39, 0.29) is 18.2 Å². The van der Waals surface area contributed by atoms with Gasteiger partial charge in [-0.1, -0.05) is 0 Å². The van der Waals surface area contributed by atoms with E-state index in [1.165, 1.54) is 11.3 Å². The lowest BCUT2D eigenvalue weighted by atomic mass is 10.3. The second-order valence-corrected chi connectivity index (χ2v) is 5.57. The van der Waals surface area contributed by atoms with Crippen molar-refractivity contribution in [2.45, 2.75) is 19.1 Å². The van der Waals surface area contributed by atoms with E-state index in [9.17, 15) is 4.79 Å². The van der Waals surface area contributed by atoms with Crippen LogP contribution >= 0.6 is 11.3 Å². The van der Waals surface area contributed by atoms with Crippen LogP contribution in [0.5, 0.6) is 0 Å². The van der Waals surface area contributed by atoms with E-state index in [1.807, 2.05) is 6.07 Å². The molecule has 6 nitrogen and oxygen atoms in total. The highest BCUT2D eigenvalue weighted by Gasteiger charge is 2.34. The average Bonchev–Trinajstić information content (AvgIpc) is 3.01. The van der Waals surface area contributed by atoms with Crippen molar-refractivity contribution in [3.05, 3.63) is 10.9 Å². The molecule has 20 heavy (non-hydrogen) atoms. The van der Waals surface area contributed by atoms with Crippen molar-refractivity contribution in [2.75, 3.05) is 44.5 Å².